The summed E-state index contributed by atoms with van der Waals surface area (Å²) >= 11 is 0. The molecule has 80 valence electrons. The van der Waals surface area contributed by atoms with Crippen molar-refractivity contribution >= 4 is 12.0 Å². The van der Waals surface area contributed by atoms with Gasteiger partial charge in [0.25, 0.3) is 0 Å². The van der Waals surface area contributed by atoms with Gasteiger partial charge >= 0.3 is 0 Å². The molecule has 1 aliphatic carbocycles. The molecule has 0 aliphatic heterocycles. The SMILES string of the molecule is CC(C)(C=O)c1ccc(NC2CC2)cc1. The molecular weight excluding hydrogens is 186 g/mol. The van der Waals surface area contributed by atoms with Crippen LogP contribution < -0.4 is 5.32 Å². The van der Waals surface area contributed by atoms with Crippen LogP contribution in [0.25, 0.3) is 0 Å². The van der Waals surface area contributed by atoms with Crippen LogP contribution in [0.1, 0.15) is 32.3 Å². The molecule has 0 amide bonds. The Morgan fingerprint density at radius 2 is 1.87 bits per heavy atom. The van der Waals surface area contributed by atoms with Crippen molar-refractivity contribution in [2.45, 2.75) is 38.1 Å². The second kappa shape index (κ2) is 3.69. The van der Waals surface area contributed by atoms with E-state index in [-0.39, 0.29) is 5.41 Å². The fraction of sp³-hybridized carbons (Fsp3) is 0.462. The number of hydrogen-bond acceptors (Lipinski definition) is 2. The van der Waals surface area contributed by atoms with Gasteiger partial charge in [0.2, 0.25) is 0 Å². The summed E-state index contributed by atoms with van der Waals surface area (Å²) in [5.41, 5.74) is 1.85. The molecule has 0 radical (unpaired) electrons. The molecule has 2 rings (SSSR count). The number of carbonyl (C=O) groups excluding carboxylic acids is 1. The Bertz CT molecular complexity index is 349. The normalized spacial score (nSPS) is 16.1. The van der Waals surface area contributed by atoms with Crippen LogP contribution in [0.3, 0.4) is 0 Å². The van der Waals surface area contributed by atoms with Gasteiger partial charge < -0.3 is 10.1 Å². The first-order valence-electron chi connectivity index (χ1n) is 5.45. The standard InChI is InChI=1S/C13H17NO/c1-13(2,9-15)10-3-5-11(6-4-10)14-12-7-8-12/h3-6,9,12,14H,7-8H2,1-2H3. The highest BCUT2D eigenvalue weighted by Crippen LogP contribution is 2.26. The first kappa shape index (κ1) is 10.2. The molecular formula is C13H17NO. The highest BCUT2D eigenvalue weighted by atomic mass is 16.1. The molecule has 1 aromatic rings. The van der Waals surface area contributed by atoms with Crippen LogP contribution in [0.4, 0.5) is 5.69 Å². The second-order valence-corrected chi connectivity index (χ2v) is 4.84. The molecule has 1 N–H and O–H groups in total. The van der Waals surface area contributed by atoms with Crippen LogP contribution in [0.5, 0.6) is 0 Å². The van der Waals surface area contributed by atoms with Gasteiger partial charge in [0.15, 0.2) is 0 Å². The third-order valence-corrected chi connectivity index (χ3v) is 2.87. The molecule has 0 unspecified atom stereocenters. The van der Waals surface area contributed by atoms with Crippen LogP contribution in [-0.2, 0) is 10.2 Å². The summed E-state index contributed by atoms with van der Waals surface area (Å²) in [5.74, 6) is 0. The number of nitrogens with one attached hydrogen (secondary N) is 1. The lowest BCUT2D eigenvalue weighted by Gasteiger charge is -2.17. The average molecular weight is 203 g/mol. The molecule has 0 saturated heterocycles. The minimum absolute atomic E-state index is 0.377. The maximum atomic E-state index is 10.9. The summed E-state index contributed by atoms with van der Waals surface area (Å²) < 4.78 is 0. The van der Waals surface area contributed by atoms with Gasteiger partial charge in [-0.3, -0.25) is 0 Å². The van der Waals surface area contributed by atoms with E-state index >= 15 is 0 Å². The highest BCUT2D eigenvalue weighted by Gasteiger charge is 2.22. The topological polar surface area (TPSA) is 29.1 Å². The number of anilines is 1. The lowest BCUT2D eigenvalue weighted by atomic mass is 9.86. The molecule has 0 aromatic heterocycles. The fourth-order valence-corrected chi connectivity index (χ4v) is 1.53. The second-order valence-electron chi connectivity index (χ2n) is 4.84. The monoisotopic (exact) mass is 203 g/mol. The molecule has 2 nitrogen and oxygen atoms in total. The van der Waals surface area contributed by atoms with Crippen LogP contribution >= 0.6 is 0 Å². The number of benzene rings is 1. The average Bonchev–Trinajstić information content (AvgIpc) is 3.03. The third-order valence-electron chi connectivity index (χ3n) is 2.87. The third kappa shape index (κ3) is 2.38. The van der Waals surface area contributed by atoms with E-state index in [4.69, 9.17) is 0 Å². The van der Waals surface area contributed by atoms with Crippen molar-refractivity contribution in [1.82, 2.24) is 0 Å². The number of rotatable bonds is 4. The Kier molecular flexibility index (Phi) is 2.51. The van der Waals surface area contributed by atoms with E-state index in [1.165, 1.54) is 12.8 Å². The Balaban J connectivity index is 2.11. The van der Waals surface area contributed by atoms with Crippen molar-refractivity contribution in [2.75, 3.05) is 5.32 Å². The highest BCUT2D eigenvalue weighted by molar-refractivity contribution is 5.67. The van der Waals surface area contributed by atoms with Gasteiger partial charge in [-0.05, 0) is 44.4 Å². The van der Waals surface area contributed by atoms with Crippen molar-refractivity contribution in [3.05, 3.63) is 29.8 Å². The van der Waals surface area contributed by atoms with E-state index in [0.717, 1.165) is 17.5 Å². The first-order valence-corrected chi connectivity index (χ1v) is 5.45. The van der Waals surface area contributed by atoms with Crippen LogP contribution in [-0.4, -0.2) is 12.3 Å². The van der Waals surface area contributed by atoms with E-state index in [1.807, 2.05) is 26.0 Å². The Morgan fingerprint density at radius 1 is 1.27 bits per heavy atom. The molecule has 0 atom stereocenters. The van der Waals surface area contributed by atoms with E-state index in [2.05, 4.69) is 17.4 Å². The zero-order valence-corrected chi connectivity index (χ0v) is 9.29. The maximum absolute atomic E-state index is 10.9. The van der Waals surface area contributed by atoms with Crippen molar-refractivity contribution < 1.29 is 4.79 Å². The lowest BCUT2D eigenvalue weighted by Crippen LogP contribution is -2.18. The summed E-state index contributed by atoms with van der Waals surface area (Å²) in [6.45, 7) is 3.87. The first-order chi connectivity index (χ1) is 7.12. The molecule has 0 heterocycles. The maximum Gasteiger partial charge on any atom is 0.129 e. The van der Waals surface area contributed by atoms with Gasteiger partial charge in [0.05, 0.1) is 0 Å². The molecule has 1 saturated carbocycles. The number of hydrogen-bond donors (Lipinski definition) is 1. The zero-order valence-electron chi connectivity index (χ0n) is 9.29. The molecule has 0 bridgehead atoms. The van der Waals surface area contributed by atoms with Gasteiger partial charge in [-0.1, -0.05) is 12.1 Å². The van der Waals surface area contributed by atoms with Crippen molar-refractivity contribution in [2.24, 2.45) is 0 Å². The smallest absolute Gasteiger partial charge is 0.129 e. The minimum Gasteiger partial charge on any atom is -0.382 e. The molecule has 15 heavy (non-hydrogen) atoms. The van der Waals surface area contributed by atoms with Gasteiger partial charge in [-0.2, -0.15) is 0 Å². The van der Waals surface area contributed by atoms with Gasteiger partial charge in [-0.25, -0.2) is 0 Å². The largest absolute Gasteiger partial charge is 0.382 e. The van der Waals surface area contributed by atoms with E-state index in [0.29, 0.717) is 6.04 Å². The van der Waals surface area contributed by atoms with Crippen molar-refractivity contribution in [3.8, 4) is 0 Å². The molecule has 1 aliphatic rings. The zero-order chi connectivity index (χ0) is 10.9. The van der Waals surface area contributed by atoms with Crippen LogP contribution in [0.15, 0.2) is 24.3 Å². The minimum atomic E-state index is -0.377. The molecule has 1 aromatic carbocycles. The van der Waals surface area contributed by atoms with E-state index in [9.17, 15) is 4.79 Å². The number of carbonyl (C=O) groups is 1. The van der Waals surface area contributed by atoms with Gasteiger partial charge in [0.1, 0.15) is 6.29 Å². The lowest BCUT2D eigenvalue weighted by molar-refractivity contribution is -0.111. The summed E-state index contributed by atoms with van der Waals surface area (Å²) in [5, 5.41) is 3.42. The van der Waals surface area contributed by atoms with Crippen molar-refractivity contribution in [3.63, 3.8) is 0 Å². The summed E-state index contributed by atoms with van der Waals surface area (Å²) in [6, 6.07) is 8.84. The molecule has 0 spiro atoms. The van der Waals surface area contributed by atoms with E-state index < -0.39 is 0 Å². The van der Waals surface area contributed by atoms with Crippen molar-refractivity contribution in [1.29, 1.82) is 0 Å². The van der Waals surface area contributed by atoms with Crippen LogP contribution in [0.2, 0.25) is 0 Å². The van der Waals surface area contributed by atoms with Crippen LogP contribution in [0, 0.1) is 0 Å². The fourth-order valence-electron chi connectivity index (χ4n) is 1.53. The summed E-state index contributed by atoms with van der Waals surface area (Å²) in [6.07, 6.45) is 3.56. The molecule has 1 fully saturated rings. The Hall–Kier alpha value is -1.31. The van der Waals surface area contributed by atoms with E-state index in [1.54, 1.807) is 0 Å². The Morgan fingerprint density at radius 3 is 2.33 bits per heavy atom. The van der Waals surface area contributed by atoms with Gasteiger partial charge in [-0.15, -0.1) is 0 Å². The summed E-state index contributed by atoms with van der Waals surface area (Å²) in [4.78, 5) is 10.9. The van der Waals surface area contributed by atoms with Gasteiger partial charge in [0, 0.05) is 17.1 Å². The predicted molar refractivity (Wildman–Crippen MR) is 62.2 cm³/mol. The quantitative estimate of drug-likeness (QED) is 0.762. The molecule has 2 heteroatoms. The predicted octanol–water partition coefficient (Wildman–Crippen LogP) is 2.74. The number of aldehydes is 1. The Labute approximate surface area is 90.7 Å². The summed E-state index contributed by atoms with van der Waals surface area (Å²) in [7, 11) is 0.